The molecule has 0 saturated carbocycles. The Morgan fingerprint density at radius 1 is 1.59 bits per heavy atom. The number of ketones is 1. The molecule has 4 nitrogen and oxygen atoms in total. The van der Waals surface area contributed by atoms with Crippen molar-refractivity contribution in [3.63, 3.8) is 0 Å². The van der Waals surface area contributed by atoms with Crippen molar-refractivity contribution >= 4 is 5.78 Å². The second-order valence-corrected chi connectivity index (χ2v) is 4.59. The number of Topliss-reactive ketones (excluding diaryl/α,β-unsaturated/α-hetero) is 1. The molecule has 17 heavy (non-hydrogen) atoms. The monoisotopic (exact) mass is 236 g/mol. The Morgan fingerprint density at radius 3 is 3.06 bits per heavy atom. The van der Waals surface area contributed by atoms with Crippen LogP contribution in [-0.4, -0.2) is 28.3 Å². The lowest BCUT2D eigenvalue weighted by Gasteiger charge is -2.21. The highest BCUT2D eigenvalue weighted by Crippen LogP contribution is 2.16. The van der Waals surface area contributed by atoms with Gasteiger partial charge in [-0.25, -0.2) is 0 Å². The third-order valence-corrected chi connectivity index (χ3v) is 3.18. The van der Waals surface area contributed by atoms with E-state index < -0.39 is 0 Å². The average Bonchev–Trinajstić information content (AvgIpc) is 2.70. The van der Waals surface area contributed by atoms with Gasteiger partial charge in [0.05, 0.1) is 12.1 Å². The molecule has 0 amide bonds. The molecule has 1 aromatic rings. The third-order valence-electron chi connectivity index (χ3n) is 3.18. The van der Waals surface area contributed by atoms with E-state index in [1.165, 1.54) is 0 Å². The van der Waals surface area contributed by atoms with Crippen LogP contribution in [0.3, 0.4) is 0 Å². The van der Waals surface area contributed by atoms with Gasteiger partial charge in [0.2, 0.25) is 0 Å². The quantitative estimate of drug-likeness (QED) is 0.802. The molecule has 2 rings (SSSR count). The van der Waals surface area contributed by atoms with Gasteiger partial charge in [0.25, 0.3) is 0 Å². The van der Waals surface area contributed by atoms with Crippen LogP contribution >= 0.6 is 0 Å². The Morgan fingerprint density at radius 2 is 2.41 bits per heavy atom. The second-order valence-electron chi connectivity index (χ2n) is 4.59. The molecule has 2 heterocycles. The van der Waals surface area contributed by atoms with E-state index in [4.69, 9.17) is 4.74 Å². The highest BCUT2D eigenvalue weighted by molar-refractivity contribution is 5.85. The normalized spacial score (nSPS) is 20.5. The molecular weight excluding hydrogens is 216 g/mol. The number of ether oxygens (including phenoxy) is 1. The summed E-state index contributed by atoms with van der Waals surface area (Å²) in [5, 5.41) is 4.35. The van der Waals surface area contributed by atoms with E-state index in [-0.39, 0.29) is 11.9 Å². The first-order chi connectivity index (χ1) is 8.20. The van der Waals surface area contributed by atoms with E-state index in [1.54, 1.807) is 0 Å². The predicted molar refractivity (Wildman–Crippen MR) is 64.9 cm³/mol. The molecule has 0 bridgehead atoms. The second kappa shape index (κ2) is 5.45. The minimum absolute atomic E-state index is 0.190. The van der Waals surface area contributed by atoms with Gasteiger partial charge in [0.15, 0.2) is 5.78 Å². The van der Waals surface area contributed by atoms with Crippen LogP contribution in [0, 0.1) is 6.92 Å². The van der Waals surface area contributed by atoms with E-state index in [0.717, 1.165) is 43.8 Å². The number of hydrogen-bond donors (Lipinski definition) is 0. The summed E-state index contributed by atoms with van der Waals surface area (Å²) in [6, 6.07) is 1.99. The summed E-state index contributed by atoms with van der Waals surface area (Å²) in [6.45, 7) is 5.53. The third kappa shape index (κ3) is 2.94. The highest BCUT2D eigenvalue weighted by atomic mass is 16.5. The molecule has 94 valence electrons. The van der Waals surface area contributed by atoms with Crippen LogP contribution < -0.4 is 0 Å². The fourth-order valence-corrected chi connectivity index (χ4v) is 2.30. The summed E-state index contributed by atoms with van der Waals surface area (Å²) >= 11 is 0. The van der Waals surface area contributed by atoms with Gasteiger partial charge in [0.1, 0.15) is 6.10 Å². The lowest BCUT2D eigenvalue weighted by atomic mass is 10.0. The van der Waals surface area contributed by atoms with Gasteiger partial charge in [-0.1, -0.05) is 0 Å². The van der Waals surface area contributed by atoms with Gasteiger partial charge in [-0.05, 0) is 39.2 Å². The molecule has 0 radical (unpaired) electrons. The number of rotatable bonds is 4. The van der Waals surface area contributed by atoms with E-state index >= 15 is 0 Å². The highest BCUT2D eigenvalue weighted by Gasteiger charge is 2.23. The van der Waals surface area contributed by atoms with E-state index in [1.807, 2.05) is 24.6 Å². The fourth-order valence-electron chi connectivity index (χ4n) is 2.30. The van der Waals surface area contributed by atoms with Gasteiger partial charge in [-0.3, -0.25) is 9.48 Å². The van der Waals surface area contributed by atoms with Gasteiger partial charge >= 0.3 is 0 Å². The molecule has 0 aliphatic carbocycles. The minimum atomic E-state index is -0.190. The lowest BCUT2D eigenvalue weighted by molar-refractivity contribution is -0.132. The van der Waals surface area contributed by atoms with Crippen LogP contribution in [0.4, 0.5) is 0 Å². The van der Waals surface area contributed by atoms with Crippen LogP contribution in [0.1, 0.15) is 37.6 Å². The summed E-state index contributed by atoms with van der Waals surface area (Å²) in [6.07, 6.45) is 3.31. The zero-order valence-electron chi connectivity index (χ0n) is 10.6. The molecule has 0 aromatic carbocycles. The topological polar surface area (TPSA) is 44.1 Å². The minimum Gasteiger partial charge on any atom is -0.370 e. The Kier molecular flexibility index (Phi) is 3.94. The van der Waals surface area contributed by atoms with Crippen LogP contribution in [0.15, 0.2) is 6.07 Å². The summed E-state index contributed by atoms with van der Waals surface area (Å²) in [7, 11) is 0. The zero-order chi connectivity index (χ0) is 12.3. The number of aromatic nitrogens is 2. The summed E-state index contributed by atoms with van der Waals surface area (Å²) in [5.41, 5.74) is 1.98. The first-order valence-electron chi connectivity index (χ1n) is 6.38. The maximum absolute atomic E-state index is 12.1. The number of carbonyl (C=O) groups is 1. The maximum atomic E-state index is 12.1. The molecule has 0 spiro atoms. The standard InChI is InChI=1S/C13H20N2O2/c1-3-15-11(8-10(2)14-15)9-12(16)13-6-4-5-7-17-13/h8,13H,3-7,9H2,1-2H3. The SMILES string of the molecule is CCn1nc(C)cc1CC(=O)C1CCCCO1. The Labute approximate surface area is 102 Å². The van der Waals surface area contributed by atoms with Crippen LogP contribution in [0.25, 0.3) is 0 Å². The molecule has 1 fully saturated rings. The van der Waals surface area contributed by atoms with Gasteiger partial charge in [0, 0.05) is 18.8 Å². The first kappa shape index (κ1) is 12.3. The molecule has 1 aromatic heterocycles. The Hall–Kier alpha value is -1.16. The number of hydrogen-bond acceptors (Lipinski definition) is 3. The smallest absolute Gasteiger partial charge is 0.167 e. The molecule has 1 saturated heterocycles. The van der Waals surface area contributed by atoms with Crippen LogP contribution in [0.2, 0.25) is 0 Å². The lowest BCUT2D eigenvalue weighted by Crippen LogP contribution is -2.30. The van der Waals surface area contributed by atoms with Crippen molar-refractivity contribution < 1.29 is 9.53 Å². The summed E-state index contributed by atoms with van der Waals surface area (Å²) < 4.78 is 7.41. The fraction of sp³-hybridized carbons (Fsp3) is 0.692. The Balaban J connectivity index is 2.01. The Bertz CT molecular complexity index is 392. The predicted octanol–water partition coefficient (Wildman–Crippen LogP) is 1.89. The van der Waals surface area contributed by atoms with E-state index in [2.05, 4.69) is 5.10 Å². The maximum Gasteiger partial charge on any atom is 0.167 e. The average molecular weight is 236 g/mol. The molecule has 0 N–H and O–H groups in total. The summed E-state index contributed by atoms with van der Waals surface area (Å²) in [4.78, 5) is 12.1. The van der Waals surface area contributed by atoms with Gasteiger partial charge < -0.3 is 4.74 Å². The zero-order valence-corrected chi connectivity index (χ0v) is 10.6. The largest absolute Gasteiger partial charge is 0.370 e. The van der Waals surface area contributed by atoms with E-state index in [9.17, 15) is 4.79 Å². The molecule has 1 aliphatic rings. The van der Waals surface area contributed by atoms with Crippen molar-refractivity contribution in [2.45, 2.75) is 52.2 Å². The first-order valence-corrected chi connectivity index (χ1v) is 6.38. The molecule has 4 heteroatoms. The van der Waals surface area contributed by atoms with Crippen molar-refractivity contribution in [3.05, 3.63) is 17.5 Å². The molecule has 1 unspecified atom stereocenters. The summed E-state index contributed by atoms with van der Waals surface area (Å²) in [5.74, 6) is 0.194. The van der Waals surface area contributed by atoms with Gasteiger partial charge in [-0.2, -0.15) is 5.10 Å². The van der Waals surface area contributed by atoms with E-state index in [0.29, 0.717) is 6.42 Å². The van der Waals surface area contributed by atoms with Crippen molar-refractivity contribution in [2.24, 2.45) is 0 Å². The molecule has 1 aliphatic heterocycles. The number of aryl methyl sites for hydroxylation is 2. The number of nitrogens with zero attached hydrogens (tertiary/aromatic N) is 2. The van der Waals surface area contributed by atoms with Crippen LogP contribution in [0.5, 0.6) is 0 Å². The van der Waals surface area contributed by atoms with Crippen LogP contribution in [-0.2, 0) is 22.5 Å². The van der Waals surface area contributed by atoms with Crippen molar-refractivity contribution in [1.29, 1.82) is 0 Å². The van der Waals surface area contributed by atoms with Crippen molar-refractivity contribution in [2.75, 3.05) is 6.61 Å². The van der Waals surface area contributed by atoms with Gasteiger partial charge in [-0.15, -0.1) is 0 Å². The molecular formula is C13H20N2O2. The van der Waals surface area contributed by atoms with Crippen molar-refractivity contribution in [3.8, 4) is 0 Å². The van der Waals surface area contributed by atoms with Crippen molar-refractivity contribution in [1.82, 2.24) is 9.78 Å². The number of carbonyl (C=O) groups excluding carboxylic acids is 1. The molecule has 1 atom stereocenters.